The Balaban J connectivity index is 2.89. The molecule has 18 heavy (non-hydrogen) atoms. The fourth-order valence-electron chi connectivity index (χ4n) is 2.14. The molecule has 0 radical (unpaired) electrons. The number of carbonyl (C=O) groups is 1. The molecule has 1 rings (SSSR count). The van der Waals surface area contributed by atoms with E-state index in [9.17, 15) is 4.79 Å². The SMILES string of the molecule is Cc1ccc(N(CCC(=O)O)CC(C)C)c(C)c1. The van der Waals surface area contributed by atoms with Gasteiger partial charge in [0.15, 0.2) is 0 Å². The van der Waals surface area contributed by atoms with Gasteiger partial charge < -0.3 is 10.0 Å². The smallest absolute Gasteiger partial charge is 0.305 e. The lowest BCUT2D eigenvalue weighted by Gasteiger charge is -2.28. The zero-order valence-corrected chi connectivity index (χ0v) is 11.7. The van der Waals surface area contributed by atoms with Gasteiger partial charge in [-0.05, 0) is 31.4 Å². The van der Waals surface area contributed by atoms with Crippen molar-refractivity contribution in [3.63, 3.8) is 0 Å². The number of carboxylic acid groups (broad SMARTS) is 1. The predicted molar refractivity (Wildman–Crippen MR) is 75.2 cm³/mol. The van der Waals surface area contributed by atoms with Crippen LogP contribution in [0.15, 0.2) is 18.2 Å². The Morgan fingerprint density at radius 1 is 1.33 bits per heavy atom. The van der Waals surface area contributed by atoms with Gasteiger partial charge in [0.1, 0.15) is 0 Å². The van der Waals surface area contributed by atoms with Crippen molar-refractivity contribution in [2.75, 3.05) is 18.0 Å². The van der Waals surface area contributed by atoms with E-state index in [2.05, 4.69) is 50.8 Å². The second-order valence-corrected chi connectivity index (χ2v) is 5.27. The number of hydrogen-bond donors (Lipinski definition) is 1. The molecule has 3 nitrogen and oxygen atoms in total. The molecule has 1 N–H and O–H groups in total. The van der Waals surface area contributed by atoms with Gasteiger partial charge >= 0.3 is 5.97 Å². The molecule has 1 aromatic rings. The van der Waals surface area contributed by atoms with Gasteiger partial charge in [-0.25, -0.2) is 0 Å². The van der Waals surface area contributed by atoms with E-state index in [-0.39, 0.29) is 6.42 Å². The lowest BCUT2D eigenvalue weighted by Crippen LogP contribution is -2.30. The van der Waals surface area contributed by atoms with Gasteiger partial charge in [0.05, 0.1) is 6.42 Å². The molecule has 0 saturated carbocycles. The third kappa shape index (κ3) is 4.40. The summed E-state index contributed by atoms with van der Waals surface area (Å²) in [6, 6.07) is 6.31. The maximum absolute atomic E-state index is 10.7. The summed E-state index contributed by atoms with van der Waals surface area (Å²) in [5.74, 6) is -0.229. The van der Waals surface area contributed by atoms with E-state index in [1.165, 1.54) is 11.1 Å². The first-order valence-corrected chi connectivity index (χ1v) is 6.44. The molecule has 0 unspecified atom stereocenters. The maximum atomic E-state index is 10.7. The summed E-state index contributed by atoms with van der Waals surface area (Å²) in [6.07, 6.45) is 0.181. The minimum Gasteiger partial charge on any atom is -0.481 e. The van der Waals surface area contributed by atoms with E-state index < -0.39 is 5.97 Å². The van der Waals surface area contributed by atoms with Crippen molar-refractivity contribution in [2.45, 2.75) is 34.1 Å². The molecule has 3 heteroatoms. The highest BCUT2D eigenvalue weighted by molar-refractivity contribution is 5.68. The van der Waals surface area contributed by atoms with Crippen LogP contribution in [0.1, 0.15) is 31.4 Å². The lowest BCUT2D eigenvalue weighted by molar-refractivity contribution is -0.136. The molecule has 0 amide bonds. The number of carboxylic acids is 1. The Morgan fingerprint density at radius 3 is 2.50 bits per heavy atom. The zero-order valence-electron chi connectivity index (χ0n) is 11.7. The van der Waals surface area contributed by atoms with E-state index in [1.807, 2.05) is 0 Å². The molecule has 0 heterocycles. The van der Waals surface area contributed by atoms with Gasteiger partial charge in [0.25, 0.3) is 0 Å². The Bertz CT molecular complexity index is 413. The topological polar surface area (TPSA) is 40.5 Å². The summed E-state index contributed by atoms with van der Waals surface area (Å²) in [7, 11) is 0. The predicted octanol–water partition coefficient (Wildman–Crippen LogP) is 3.24. The molecule has 1 aromatic carbocycles. The van der Waals surface area contributed by atoms with Crippen LogP contribution in [0.5, 0.6) is 0 Å². The minimum absolute atomic E-state index is 0.181. The Morgan fingerprint density at radius 2 is 2.00 bits per heavy atom. The molecule has 0 aliphatic carbocycles. The molecule has 0 spiro atoms. The summed E-state index contributed by atoms with van der Waals surface area (Å²) in [4.78, 5) is 12.9. The normalized spacial score (nSPS) is 10.7. The monoisotopic (exact) mass is 249 g/mol. The van der Waals surface area contributed by atoms with Crippen molar-refractivity contribution in [3.05, 3.63) is 29.3 Å². The highest BCUT2D eigenvalue weighted by Gasteiger charge is 2.12. The molecular weight excluding hydrogens is 226 g/mol. The molecule has 0 saturated heterocycles. The fourth-order valence-corrected chi connectivity index (χ4v) is 2.14. The van der Waals surface area contributed by atoms with Crippen LogP contribution >= 0.6 is 0 Å². The standard InChI is InChI=1S/C15H23NO2/c1-11(2)10-16(8-7-15(17)18)14-6-5-12(3)9-13(14)4/h5-6,9,11H,7-8,10H2,1-4H3,(H,17,18). The van der Waals surface area contributed by atoms with Crippen LogP contribution in [-0.2, 0) is 4.79 Å². The molecule has 0 aromatic heterocycles. The van der Waals surface area contributed by atoms with Crippen molar-refractivity contribution in [1.29, 1.82) is 0 Å². The highest BCUT2D eigenvalue weighted by atomic mass is 16.4. The highest BCUT2D eigenvalue weighted by Crippen LogP contribution is 2.22. The van der Waals surface area contributed by atoms with Gasteiger partial charge in [-0.1, -0.05) is 31.5 Å². The minimum atomic E-state index is -0.742. The van der Waals surface area contributed by atoms with Crippen LogP contribution in [0.4, 0.5) is 5.69 Å². The van der Waals surface area contributed by atoms with Gasteiger partial charge in [-0.3, -0.25) is 4.79 Å². The summed E-state index contributed by atoms with van der Waals surface area (Å²) in [5, 5.41) is 8.83. The Labute approximate surface area is 109 Å². The third-order valence-electron chi connectivity index (χ3n) is 2.87. The molecule has 100 valence electrons. The number of hydrogen-bond acceptors (Lipinski definition) is 2. The van der Waals surface area contributed by atoms with Crippen LogP contribution in [0.2, 0.25) is 0 Å². The van der Waals surface area contributed by atoms with Crippen molar-refractivity contribution < 1.29 is 9.90 Å². The van der Waals surface area contributed by atoms with Crippen LogP contribution in [0.25, 0.3) is 0 Å². The first kappa shape index (κ1) is 14.6. The van der Waals surface area contributed by atoms with E-state index in [4.69, 9.17) is 5.11 Å². The Kier molecular flexibility index (Phi) is 5.20. The summed E-state index contributed by atoms with van der Waals surface area (Å²) in [6.45, 7) is 9.90. The van der Waals surface area contributed by atoms with E-state index in [0.717, 1.165) is 12.2 Å². The first-order valence-electron chi connectivity index (χ1n) is 6.44. The van der Waals surface area contributed by atoms with E-state index in [0.29, 0.717) is 12.5 Å². The average molecular weight is 249 g/mol. The van der Waals surface area contributed by atoms with Crippen LogP contribution in [0.3, 0.4) is 0 Å². The summed E-state index contributed by atoms with van der Waals surface area (Å²) in [5.41, 5.74) is 3.59. The van der Waals surface area contributed by atoms with Gasteiger partial charge in [-0.2, -0.15) is 0 Å². The number of rotatable bonds is 6. The summed E-state index contributed by atoms with van der Waals surface area (Å²) >= 11 is 0. The largest absolute Gasteiger partial charge is 0.481 e. The van der Waals surface area contributed by atoms with Crippen LogP contribution in [0, 0.1) is 19.8 Å². The third-order valence-corrected chi connectivity index (χ3v) is 2.87. The average Bonchev–Trinajstić information content (AvgIpc) is 2.24. The van der Waals surface area contributed by atoms with Crippen LogP contribution < -0.4 is 4.90 Å². The van der Waals surface area contributed by atoms with E-state index >= 15 is 0 Å². The number of nitrogens with zero attached hydrogens (tertiary/aromatic N) is 1. The maximum Gasteiger partial charge on any atom is 0.305 e. The van der Waals surface area contributed by atoms with Crippen molar-refractivity contribution in [1.82, 2.24) is 0 Å². The first-order chi connectivity index (χ1) is 8.40. The number of aryl methyl sites for hydroxylation is 2. The number of aliphatic carboxylic acids is 1. The van der Waals surface area contributed by atoms with Gasteiger partial charge in [0.2, 0.25) is 0 Å². The number of anilines is 1. The number of benzene rings is 1. The second-order valence-electron chi connectivity index (χ2n) is 5.27. The van der Waals surface area contributed by atoms with Crippen molar-refractivity contribution in [3.8, 4) is 0 Å². The second kappa shape index (κ2) is 6.43. The molecule has 0 aliphatic heterocycles. The molecular formula is C15H23NO2. The molecule has 0 atom stereocenters. The molecule has 0 aliphatic rings. The Hall–Kier alpha value is -1.51. The van der Waals surface area contributed by atoms with Crippen LogP contribution in [-0.4, -0.2) is 24.2 Å². The summed E-state index contributed by atoms with van der Waals surface area (Å²) < 4.78 is 0. The van der Waals surface area contributed by atoms with Crippen molar-refractivity contribution in [2.24, 2.45) is 5.92 Å². The van der Waals surface area contributed by atoms with Crippen molar-refractivity contribution >= 4 is 11.7 Å². The van der Waals surface area contributed by atoms with Gasteiger partial charge in [0, 0.05) is 18.8 Å². The lowest BCUT2D eigenvalue weighted by atomic mass is 10.1. The van der Waals surface area contributed by atoms with Gasteiger partial charge in [-0.15, -0.1) is 0 Å². The quantitative estimate of drug-likeness (QED) is 0.841. The fraction of sp³-hybridized carbons (Fsp3) is 0.533. The molecule has 0 bridgehead atoms. The van der Waals surface area contributed by atoms with E-state index in [1.54, 1.807) is 0 Å². The molecule has 0 fully saturated rings. The zero-order chi connectivity index (χ0) is 13.7.